The fourth-order valence-corrected chi connectivity index (χ4v) is 2.39. The van der Waals surface area contributed by atoms with Gasteiger partial charge in [-0.2, -0.15) is 5.26 Å². The average molecular weight is 244 g/mol. The number of rotatable bonds is 3. The molecule has 0 atom stereocenters. The molecule has 1 aromatic carbocycles. The summed E-state index contributed by atoms with van der Waals surface area (Å²) >= 11 is 1.63. The third-order valence-electron chi connectivity index (χ3n) is 2.37. The van der Waals surface area contributed by atoms with Crippen molar-refractivity contribution in [3.8, 4) is 11.8 Å². The molecule has 0 radical (unpaired) electrons. The molecule has 1 heterocycles. The van der Waals surface area contributed by atoms with Gasteiger partial charge in [0.05, 0.1) is 21.1 Å². The highest BCUT2D eigenvalue weighted by molar-refractivity contribution is 7.11. The predicted molar refractivity (Wildman–Crippen MR) is 67.1 cm³/mol. The van der Waals surface area contributed by atoms with Crippen LogP contribution in [-0.4, -0.2) is 4.98 Å². The van der Waals surface area contributed by atoms with Gasteiger partial charge in [0.25, 0.3) is 0 Å². The van der Waals surface area contributed by atoms with E-state index in [2.05, 4.69) is 11.1 Å². The van der Waals surface area contributed by atoms with E-state index in [1.165, 1.54) is 0 Å². The summed E-state index contributed by atoms with van der Waals surface area (Å²) < 4.78 is 5.66. The number of nitrogens with zero attached hydrogens (tertiary/aromatic N) is 2. The van der Waals surface area contributed by atoms with Crippen molar-refractivity contribution < 1.29 is 4.74 Å². The summed E-state index contributed by atoms with van der Waals surface area (Å²) in [6, 6.07) is 9.36. The summed E-state index contributed by atoms with van der Waals surface area (Å²) in [4.78, 5) is 5.45. The van der Waals surface area contributed by atoms with E-state index in [0.29, 0.717) is 17.9 Å². The molecule has 86 valence electrons. The topological polar surface area (TPSA) is 45.9 Å². The largest absolute Gasteiger partial charge is 0.487 e. The highest BCUT2D eigenvalue weighted by atomic mass is 32.1. The Morgan fingerprint density at radius 2 is 2.12 bits per heavy atom. The van der Waals surface area contributed by atoms with Crippen LogP contribution in [-0.2, 0) is 6.61 Å². The second-order valence-corrected chi connectivity index (χ2v) is 4.93. The van der Waals surface area contributed by atoms with Gasteiger partial charge in [-0.25, -0.2) is 4.98 Å². The van der Waals surface area contributed by atoms with Gasteiger partial charge >= 0.3 is 0 Å². The van der Waals surface area contributed by atoms with Crippen LogP contribution in [0.5, 0.6) is 5.75 Å². The van der Waals surface area contributed by atoms with Crippen LogP contribution < -0.4 is 4.74 Å². The molecule has 0 bridgehead atoms. The Morgan fingerprint density at radius 1 is 1.35 bits per heavy atom. The number of aromatic nitrogens is 1. The van der Waals surface area contributed by atoms with Crippen molar-refractivity contribution in [3.05, 3.63) is 45.4 Å². The first-order chi connectivity index (χ1) is 8.20. The lowest BCUT2D eigenvalue weighted by molar-refractivity contribution is 0.308. The SMILES string of the molecule is Cc1nc(C)c(COc2ccccc2C#N)s1. The van der Waals surface area contributed by atoms with Gasteiger partial charge in [-0.3, -0.25) is 0 Å². The number of thiazole rings is 1. The van der Waals surface area contributed by atoms with Crippen LogP contribution in [0.15, 0.2) is 24.3 Å². The van der Waals surface area contributed by atoms with Crippen molar-refractivity contribution in [2.45, 2.75) is 20.5 Å². The van der Waals surface area contributed by atoms with E-state index < -0.39 is 0 Å². The van der Waals surface area contributed by atoms with Gasteiger partial charge in [-0.15, -0.1) is 11.3 Å². The molecule has 0 saturated carbocycles. The van der Waals surface area contributed by atoms with Crippen LogP contribution in [0.1, 0.15) is 21.1 Å². The maximum atomic E-state index is 8.93. The minimum Gasteiger partial charge on any atom is -0.487 e. The molecule has 0 aliphatic carbocycles. The number of benzene rings is 1. The van der Waals surface area contributed by atoms with Crippen LogP contribution in [0.3, 0.4) is 0 Å². The number of aryl methyl sites for hydroxylation is 2. The molecular weight excluding hydrogens is 232 g/mol. The summed E-state index contributed by atoms with van der Waals surface area (Å²) in [5, 5.41) is 9.97. The molecule has 2 aromatic rings. The van der Waals surface area contributed by atoms with E-state index in [4.69, 9.17) is 10.00 Å². The number of nitriles is 1. The molecule has 0 aliphatic heterocycles. The van der Waals surface area contributed by atoms with E-state index >= 15 is 0 Å². The Labute approximate surface area is 104 Å². The number of ether oxygens (including phenoxy) is 1. The summed E-state index contributed by atoms with van der Waals surface area (Å²) in [6.45, 7) is 4.42. The van der Waals surface area contributed by atoms with Crippen LogP contribution >= 0.6 is 11.3 Å². The average Bonchev–Trinajstić information content (AvgIpc) is 2.65. The molecule has 0 unspecified atom stereocenters. The highest BCUT2D eigenvalue weighted by Gasteiger charge is 2.07. The molecule has 0 fully saturated rings. The van der Waals surface area contributed by atoms with Gasteiger partial charge in [-0.1, -0.05) is 12.1 Å². The Kier molecular flexibility index (Phi) is 3.40. The lowest BCUT2D eigenvalue weighted by Gasteiger charge is -2.06. The summed E-state index contributed by atoms with van der Waals surface area (Å²) in [7, 11) is 0. The molecule has 17 heavy (non-hydrogen) atoms. The van der Waals surface area contributed by atoms with Gasteiger partial charge in [0.2, 0.25) is 0 Å². The summed E-state index contributed by atoms with van der Waals surface area (Å²) in [5.74, 6) is 0.625. The van der Waals surface area contributed by atoms with Gasteiger partial charge in [0.1, 0.15) is 18.4 Å². The maximum absolute atomic E-state index is 8.93. The minimum atomic E-state index is 0.468. The minimum absolute atomic E-state index is 0.468. The van der Waals surface area contributed by atoms with Gasteiger partial charge in [0, 0.05) is 0 Å². The monoisotopic (exact) mass is 244 g/mol. The molecule has 0 aliphatic rings. The Balaban J connectivity index is 2.13. The van der Waals surface area contributed by atoms with Crippen molar-refractivity contribution in [1.82, 2.24) is 4.98 Å². The van der Waals surface area contributed by atoms with Crippen LogP contribution in [0.2, 0.25) is 0 Å². The lowest BCUT2D eigenvalue weighted by Crippen LogP contribution is -1.96. The quantitative estimate of drug-likeness (QED) is 0.832. The fourth-order valence-electron chi connectivity index (χ4n) is 1.54. The lowest BCUT2D eigenvalue weighted by atomic mass is 10.2. The molecule has 1 aromatic heterocycles. The second-order valence-electron chi connectivity index (χ2n) is 3.64. The zero-order valence-electron chi connectivity index (χ0n) is 9.73. The smallest absolute Gasteiger partial charge is 0.137 e. The zero-order valence-corrected chi connectivity index (χ0v) is 10.5. The standard InChI is InChI=1S/C13H12N2OS/c1-9-13(17-10(2)15-9)8-16-12-6-4-3-5-11(12)7-14/h3-6H,8H2,1-2H3. The van der Waals surface area contributed by atoms with Gasteiger partial charge < -0.3 is 4.74 Å². The van der Waals surface area contributed by atoms with Crippen molar-refractivity contribution in [1.29, 1.82) is 5.26 Å². The Hall–Kier alpha value is -1.86. The van der Waals surface area contributed by atoms with Crippen LogP contribution in [0.4, 0.5) is 0 Å². The Morgan fingerprint density at radius 3 is 2.76 bits per heavy atom. The van der Waals surface area contributed by atoms with Crippen molar-refractivity contribution >= 4 is 11.3 Å². The third-order valence-corrected chi connectivity index (χ3v) is 3.41. The first-order valence-corrected chi connectivity index (χ1v) is 6.07. The van der Waals surface area contributed by atoms with E-state index in [9.17, 15) is 0 Å². The molecular formula is C13H12N2OS. The summed E-state index contributed by atoms with van der Waals surface area (Å²) in [6.07, 6.45) is 0. The first-order valence-electron chi connectivity index (χ1n) is 5.25. The van der Waals surface area contributed by atoms with Crippen LogP contribution in [0.25, 0.3) is 0 Å². The highest BCUT2D eigenvalue weighted by Crippen LogP contribution is 2.22. The van der Waals surface area contributed by atoms with Crippen molar-refractivity contribution in [3.63, 3.8) is 0 Å². The normalized spacial score (nSPS) is 9.94. The van der Waals surface area contributed by atoms with E-state index in [1.54, 1.807) is 17.4 Å². The fraction of sp³-hybridized carbons (Fsp3) is 0.231. The van der Waals surface area contributed by atoms with Crippen molar-refractivity contribution in [2.24, 2.45) is 0 Å². The van der Waals surface area contributed by atoms with E-state index in [1.807, 2.05) is 32.0 Å². The molecule has 0 amide bonds. The first kappa shape index (κ1) is 11.6. The Bertz CT molecular complexity index is 569. The maximum Gasteiger partial charge on any atom is 0.137 e. The number of hydrogen-bond acceptors (Lipinski definition) is 4. The molecule has 0 spiro atoms. The third kappa shape index (κ3) is 2.63. The summed E-state index contributed by atoms with van der Waals surface area (Å²) in [5.41, 5.74) is 1.56. The number of para-hydroxylation sites is 1. The molecule has 4 heteroatoms. The molecule has 0 saturated heterocycles. The van der Waals surface area contributed by atoms with Crippen molar-refractivity contribution in [2.75, 3.05) is 0 Å². The predicted octanol–water partition coefficient (Wildman–Crippen LogP) is 3.21. The second kappa shape index (κ2) is 4.98. The van der Waals surface area contributed by atoms with Gasteiger partial charge in [0.15, 0.2) is 0 Å². The molecule has 3 nitrogen and oxygen atoms in total. The number of hydrogen-bond donors (Lipinski definition) is 0. The van der Waals surface area contributed by atoms with Crippen LogP contribution in [0, 0.1) is 25.2 Å². The molecule has 0 N–H and O–H groups in total. The molecule has 2 rings (SSSR count). The van der Waals surface area contributed by atoms with E-state index in [-0.39, 0.29) is 0 Å². The van der Waals surface area contributed by atoms with E-state index in [0.717, 1.165) is 15.6 Å². The zero-order chi connectivity index (χ0) is 12.3. The van der Waals surface area contributed by atoms with Gasteiger partial charge in [-0.05, 0) is 26.0 Å².